The molecule has 0 atom stereocenters. The molecule has 2 N–H and O–H groups in total. The van der Waals surface area contributed by atoms with Gasteiger partial charge in [-0.3, -0.25) is 0 Å². The molecule has 0 spiro atoms. The number of benzene rings is 1. The monoisotopic (exact) mass is 246 g/mol. The minimum atomic E-state index is -0.914. The van der Waals surface area contributed by atoms with Crippen LogP contribution in [-0.2, 0) is 11.2 Å². The molecule has 3 nitrogen and oxygen atoms in total. The Hall–Kier alpha value is -2.29. The van der Waals surface area contributed by atoms with Crippen molar-refractivity contribution in [3.63, 3.8) is 0 Å². The molecule has 0 heterocycles. The molecule has 0 aliphatic heterocycles. The van der Waals surface area contributed by atoms with Crippen molar-refractivity contribution in [3.8, 4) is 5.75 Å². The fourth-order valence-corrected chi connectivity index (χ4v) is 1.05. The second-order valence-corrected chi connectivity index (χ2v) is 3.38. The molecular formula is C15H18O3. The van der Waals surface area contributed by atoms with Crippen molar-refractivity contribution in [1.82, 2.24) is 0 Å². The van der Waals surface area contributed by atoms with Gasteiger partial charge in [-0.25, -0.2) is 4.79 Å². The van der Waals surface area contributed by atoms with Crippen LogP contribution in [0.25, 0.3) is 0 Å². The Morgan fingerprint density at radius 1 is 1.28 bits per heavy atom. The predicted molar refractivity (Wildman–Crippen MR) is 73.6 cm³/mol. The third-order valence-electron chi connectivity index (χ3n) is 1.86. The molecular weight excluding hydrogens is 228 g/mol. The summed E-state index contributed by atoms with van der Waals surface area (Å²) in [5.74, 6) is -0.601. The number of carboxylic acids is 1. The van der Waals surface area contributed by atoms with Crippen molar-refractivity contribution in [1.29, 1.82) is 0 Å². The van der Waals surface area contributed by atoms with Crippen LogP contribution in [0.3, 0.4) is 0 Å². The summed E-state index contributed by atoms with van der Waals surface area (Å²) in [5.41, 5.74) is 1.17. The smallest absolute Gasteiger partial charge is 0.328 e. The Labute approximate surface area is 107 Å². The highest BCUT2D eigenvalue weighted by molar-refractivity contribution is 5.80. The van der Waals surface area contributed by atoms with Crippen LogP contribution in [0.5, 0.6) is 5.75 Å². The van der Waals surface area contributed by atoms with E-state index in [0.717, 1.165) is 12.5 Å². The van der Waals surface area contributed by atoms with Crippen LogP contribution >= 0.6 is 0 Å². The number of rotatable bonds is 4. The maximum atomic E-state index is 9.75. The van der Waals surface area contributed by atoms with Crippen molar-refractivity contribution >= 4 is 5.97 Å². The van der Waals surface area contributed by atoms with Crippen LogP contribution in [0, 0.1) is 0 Å². The van der Waals surface area contributed by atoms with Crippen molar-refractivity contribution in [2.75, 3.05) is 0 Å². The maximum Gasteiger partial charge on any atom is 0.328 e. The molecule has 0 amide bonds. The summed E-state index contributed by atoms with van der Waals surface area (Å²) < 4.78 is 0. The third kappa shape index (κ3) is 8.97. The van der Waals surface area contributed by atoms with E-state index in [1.165, 1.54) is 11.6 Å². The minimum absolute atomic E-state index is 0.313. The van der Waals surface area contributed by atoms with Gasteiger partial charge in [-0.15, -0.1) is 6.58 Å². The van der Waals surface area contributed by atoms with Crippen molar-refractivity contribution in [2.45, 2.75) is 13.3 Å². The standard InChI is InChI=1S/C9H10O.C6H8O2/c1-2-3-8-4-6-9(10)7-5-8;1-2-3-4-5-6(7)8/h2,4-7,10H,1,3H2;2-5H,1H3,(H,7,8)/b;3-2+,5-4+. The molecule has 0 fully saturated rings. The molecule has 1 rings (SSSR count). The van der Waals surface area contributed by atoms with Crippen LogP contribution in [0.15, 0.2) is 61.2 Å². The first kappa shape index (κ1) is 15.7. The summed E-state index contributed by atoms with van der Waals surface area (Å²) in [6.45, 7) is 5.44. The molecule has 0 radical (unpaired) electrons. The van der Waals surface area contributed by atoms with Gasteiger partial charge in [0.2, 0.25) is 0 Å². The zero-order chi connectivity index (χ0) is 13.8. The van der Waals surface area contributed by atoms with Gasteiger partial charge in [-0.05, 0) is 31.0 Å². The number of hydrogen-bond donors (Lipinski definition) is 2. The number of aliphatic carboxylic acids is 1. The highest BCUT2D eigenvalue weighted by Gasteiger charge is 1.87. The van der Waals surface area contributed by atoms with Crippen molar-refractivity contribution in [3.05, 3.63) is 66.8 Å². The molecule has 18 heavy (non-hydrogen) atoms. The van der Waals surface area contributed by atoms with Gasteiger partial charge in [0.1, 0.15) is 5.75 Å². The normalized spacial score (nSPS) is 10.1. The molecule has 1 aromatic rings. The summed E-state index contributed by atoms with van der Waals surface area (Å²) in [5, 5.41) is 16.9. The number of phenols is 1. The van der Waals surface area contributed by atoms with E-state index in [4.69, 9.17) is 10.2 Å². The fraction of sp³-hybridized carbons (Fsp3) is 0.133. The second kappa shape index (κ2) is 9.90. The molecule has 1 aromatic carbocycles. The quantitative estimate of drug-likeness (QED) is 0.486. The predicted octanol–water partition coefficient (Wildman–Crippen LogP) is 3.32. The highest BCUT2D eigenvalue weighted by atomic mass is 16.4. The van der Waals surface area contributed by atoms with Crippen LogP contribution < -0.4 is 0 Å². The Morgan fingerprint density at radius 3 is 2.33 bits per heavy atom. The lowest BCUT2D eigenvalue weighted by Gasteiger charge is -1.94. The number of carboxylic acid groups (broad SMARTS) is 1. The molecule has 0 saturated heterocycles. The van der Waals surface area contributed by atoms with Gasteiger partial charge in [0.15, 0.2) is 0 Å². The van der Waals surface area contributed by atoms with Gasteiger partial charge in [0.05, 0.1) is 0 Å². The summed E-state index contributed by atoms with van der Waals surface area (Å²) in [7, 11) is 0. The van der Waals surface area contributed by atoms with Gasteiger partial charge in [-0.1, -0.05) is 36.4 Å². The zero-order valence-corrected chi connectivity index (χ0v) is 10.4. The summed E-state index contributed by atoms with van der Waals surface area (Å²) in [6.07, 6.45) is 8.68. The lowest BCUT2D eigenvalue weighted by atomic mass is 10.1. The van der Waals surface area contributed by atoms with Gasteiger partial charge in [0, 0.05) is 6.08 Å². The summed E-state index contributed by atoms with van der Waals surface area (Å²) in [6, 6.07) is 7.13. The van der Waals surface area contributed by atoms with Crippen molar-refractivity contribution in [2.24, 2.45) is 0 Å². The molecule has 96 valence electrons. The molecule has 0 unspecified atom stereocenters. The fourth-order valence-electron chi connectivity index (χ4n) is 1.05. The highest BCUT2D eigenvalue weighted by Crippen LogP contribution is 2.09. The van der Waals surface area contributed by atoms with Gasteiger partial charge in [0.25, 0.3) is 0 Å². The number of phenolic OH excluding ortho intramolecular Hbond substituents is 1. The average Bonchev–Trinajstić information content (AvgIpc) is 2.33. The Bertz CT molecular complexity index is 414. The molecule has 0 bridgehead atoms. The van der Waals surface area contributed by atoms with Crippen LogP contribution in [0.4, 0.5) is 0 Å². The lowest BCUT2D eigenvalue weighted by Crippen LogP contribution is -1.83. The first-order chi connectivity index (χ1) is 8.60. The van der Waals surface area contributed by atoms with Gasteiger partial charge < -0.3 is 10.2 Å². The van der Waals surface area contributed by atoms with Crippen molar-refractivity contribution < 1.29 is 15.0 Å². The van der Waals surface area contributed by atoms with E-state index in [-0.39, 0.29) is 0 Å². The summed E-state index contributed by atoms with van der Waals surface area (Å²) >= 11 is 0. The van der Waals surface area contributed by atoms with E-state index in [2.05, 4.69) is 6.58 Å². The molecule has 0 aliphatic rings. The van der Waals surface area contributed by atoms with Crippen LogP contribution in [-0.4, -0.2) is 16.2 Å². The second-order valence-electron chi connectivity index (χ2n) is 3.38. The SMILES string of the molecule is C/C=C/C=C/C(=O)O.C=CCc1ccc(O)cc1. The lowest BCUT2D eigenvalue weighted by molar-refractivity contribution is -0.131. The number of hydrogen-bond acceptors (Lipinski definition) is 2. The average molecular weight is 246 g/mol. The van der Waals surface area contributed by atoms with Crippen LogP contribution in [0.2, 0.25) is 0 Å². The van der Waals surface area contributed by atoms with Gasteiger partial charge >= 0.3 is 5.97 Å². The first-order valence-electron chi connectivity index (χ1n) is 5.51. The molecule has 3 heteroatoms. The minimum Gasteiger partial charge on any atom is -0.508 e. The van der Waals surface area contributed by atoms with Gasteiger partial charge in [-0.2, -0.15) is 0 Å². The van der Waals surface area contributed by atoms with E-state index >= 15 is 0 Å². The number of allylic oxidation sites excluding steroid dienone is 4. The maximum absolute atomic E-state index is 9.75. The Kier molecular flexibility index (Phi) is 8.64. The van der Waals surface area contributed by atoms with E-state index in [9.17, 15) is 4.79 Å². The first-order valence-corrected chi connectivity index (χ1v) is 5.51. The Morgan fingerprint density at radius 2 is 1.89 bits per heavy atom. The topological polar surface area (TPSA) is 57.5 Å². The number of aromatic hydroxyl groups is 1. The molecule has 0 aromatic heterocycles. The molecule has 0 aliphatic carbocycles. The largest absolute Gasteiger partial charge is 0.508 e. The van der Waals surface area contributed by atoms with E-state index in [1.807, 2.05) is 25.1 Å². The summed E-state index contributed by atoms with van der Waals surface area (Å²) in [4.78, 5) is 9.75. The van der Waals surface area contributed by atoms with Crippen LogP contribution in [0.1, 0.15) is 12.5 Å². The van der Waals surface area contributed by atoms with E-state index in [0.29, 0.717) is 5.75 Å². The molecule has 0 saturated carbocycles. The number of carbonyl (C=O) groups is 1. The zero-order valence-electron chi connectivity index (χ0n) is 10.4. The third-order valence-corrected chi connectivity index (χ3v) is 1.86. The van der Waals surface area contributed by atoms with E-state index < -0.39 is 5.97 Å². The van der Waals surface area contributed by atoms with E-state index in [1.54, 1.807) is 24.3 Å². The Balaban J connectivity index is 0.000000331.